The summed E-state index contributed by atoms with van der Waals surface area (Å²) >= 11 is 11.9. The molecule has 2 aromatic rings. The summed E-state index contributed by atoms with van der Waals surface area (Å²) in [4.78, 5) is 13.1. The molecule has 1 aromatic carbocycles. The molecule has 0 unspecified atom stereocenters. The van der Waals surface area contributed by atoms with Crippen molar-refractivity contribution in [2.75, 3.05) is 5.32 Å². The number of aryl methyl sites for hydroxylation is 1. The van der Waals surface area contributed by atoms with E-state index in [0.29, 0.717) is 15.7 Å². The smallest absolute Gasteiger partial charge is 0.277 e. The Labute approximate surface area is 107 Å². The summed E-state index contributed by atoms with van der Waals surface area (Å²) in [5.74, 6) is -0.409. The molecular weight excluding hydrogens is 263 g/mol. The van der Waals surface area contributed by atoms with E-state index in [1.54, 1.807) is 25.2 Å². The average Bonchev–Trinajstić information content (AvgIpc) is 2.70. The van der Waals surface area contributed by atoms with Crippen molar-refractivity contribution in [2.24, 2.45) is 7.05 Å². The lowest BCUT2D eigenvalue weighted by atomic mass is 10.3. The topological polar surface area (TPSA) is 59.8 Å². The number of nitrogens with zero attached hydrogens (tertiary/aromatic N) is 3. The minimum absolute atomic E-state index is 0.198. The molecule has 0 bridgehead atoms. The predicted octanol–water partition coefficient (Wildman–Crippen LogP) is 2.37. The fourth-order valence-electron chi connectivity index (χ4n) is 1.24. The zero-order chi connectivity index (χ0) is 12.4. The molecule has 1 aromatic heterocycles. The maximum Gasteiger partial charge on any atom is 0.277 e. The lowest BCUT2D eigenvalue weighted by Crippen LogP contribution is -2.13. The van der Waals surface area contributed by atoms with Gasteiger partial charge in [-0.3, -0.25) is 4.79 Å². The van der Waals surface area contributed by atoms with Crippen molar-refractivity contribution in [2.45, 2.75) is 0 Å². The predicted molar refractivity (Wildman–Crippen MR) is 65.4 cm³/mol. The Balaban J connectivity index is 2.24. The molecule has 2 rings (SSSR count). The van der Waals surface area contributed by atoms with Crippen LogP contribution in [0.25, 0.3) is 0 Å². The first-order chi connectivity index (χ1) is 8.08. The number of halogens is 2. The SMILES string of the molecule is Cn1ncc(C(=O)Nc2c(Cl)cccc2Cl)n1. The summed E-state index contributed by atoms with van der Waals surface area (Å²) in [6.45, 7) is 0. The Morgan fingerprint density at radius 1 is 1.35 bits per heavy atom. The van der Waals surface area contributed by atoms with Crippen molar-refractivity contribution in [3.8, 4) is 0 Å². The van der Waals surface area contributed by atoms with Gasteiger partial charge >= 0.3 is 0 Å². The minimum atomic E-state index is -0.409. The number of anilines is 1. The Kier molecular flexibility index (Phi) is 3.31. The Bertz CT molecular complexity index is 547. The van der Waals surface area contributed by atoms with Crippen LogP contribution in [0, 0.1) is 0 Å². The van der Waals surface area contributed by atoms with E-state index in [4.69, 9.17) is 23.2 Å². The Morgan fingerprint density at radius 3 is 2.53 bits per heavy atom. The highest BCUT2D eigenvalue weighted by Crippen LogP contribution is 2.29. The number of rotatable bonds is 2. The lowest BCUT2D eigenvalue weighted by molar-refractivity contribution is 0.102. The quantitative estimate of drug-likeness (QED) is 0.912. The van der Waals surface area contributed by atoms with Gasteiger partial charge in [0.25, 0.3) is 5.91 Å². The van der Waals surface area contributed by atoms with Gasteiger partial charge in [-0.1, -0.05) is 29.3 Å². The van der Waals surface area contributed by atoms with Crippen LogP contribution < -0.4 is 5.32 Å². The van der Waals surface area contributed by atoms with Crippen molar-refractivity contribution < 1.29 is 4.79 Å². The summed E-state index contributed by atoms with van der Waals surface area (Å²) < 4.78 is 0. The number of amides is 1. The van der Waals surface area contributed by atoms with Crippen LogP contribution >= 0.6 is 23.2 Å². The molecular formula is C10H8Cl2N4O. The average molecular weight is 271 g/mol. The molecule has 1 heterocycles. The molecule has 0 fully saturated rings. The van der Waals surface area contributed by atoms with Gasteiger partial charge < -0.3 is 5.32 Å². The lowest BCUT2D eigenvalue weighted by Gasteiger charge is -2.07. The van der Waals surface area contributed by atoms with E-state index in [1.165, 1.54) is 11.0 Å². The highest BCUT2D eigenvalue weighted by Gasteiger charge is 2.13. The Hall–Kier alpha value is -1.59. The van der Waals surface area contributed by atoms with Crippen LogP contribution in [0.5, 0.6) is 0 Å². The number of hydrogen-bond donors (Lipinski definition) is 1. The van der Waals surface area contributed by atoms with Crippen LogP contribution in [0.1, 0.15) is 10.5 Å². The molecule has 0 aliphatic heterocycles. The van der Waals surface area contributed by atoms with E-state index in [2.05, 4.69) is 15.5 Å². The van der Waals surface area contributed by atoms with Gasteiger partial charge in [-0.15, -0.1) is 5.10 Å². The third-order valence-electron chi connectivity index (χ3n) is 2.03. The van der Waals surface area contributed by atoms with Crippen molar-refractivity contribution in [3.63, 3.8) is 0 Å². The van der Waals surface area contributed by atoms with Crippen molar-refractivity contribution in [3.05, 3.63) is 40.1 Å². The number of hydrogen-bond acceptors (Lipinski definition) is 3. The van der Waals surface area contributed by atoms with E-state index < -0.39 is 5.91 Å². The van der Waals surface area contributed by atoms with Gasteiger partial charge in [0.2, 0.25) is 0 Å². The first-order valence-electron chi connectivity index (χ1n) is 4.69. The van der Waals surface area contributed by atoms with Crippen molar-refractivity contribution in [1.82, 2.24) is 15.0 Å². The zero-order valence-electron chi connectivity index (χ0n) is 8.82. The fourth-order valence-corrected chi connectivity index (χ4v) is 1.74. The number of benzene rings is 1. The van der Waals surface area contributed by atoms with Gasteiger partial charge in [0.05, 0.1) is 21.9 Å². The summed E-state index contributed by atoms with van der Waals surface area (Å²) in [6.07, 6.45) is 1.36. The van der Waals surface area contributed by atoms with Crippen LogP contribution in [0.2, 0.25) is 10.0 Å². The molecule has 0 atom stereocenters. The van der Waals surface area contributed by atoms with Gasteiger partial charge in [-0.25, -0.2) is 0 Å². The van der Waals surface area contributed by atoms with E-state index in [9.17, 15) is 4.79 Å². The summed E-state index contributed by atoms with van der Waals surface area (Å²) in [5.41, 5.74) is 0.565. The molecule has 88 valence electrons. The molecule has 1 N–H and O–H groups in total. The van der Waals surface area contributed by atoms with Crippen LogP contribution in [0.4, 0.5) is 5.69 Å². The van der Waals surface area contributed by atoms with Gasteiger partial charge in [-0.05, 0) is 12.1 Å². The maximum atomic E-state index is 11.8. The highest BCUT2D eigenvalue weighted by molar-refractivity contribution is 6.39. The van der Waals surface area contributed by atoms with Crippen LogP contribution in [0.15, 0.2) is 24.4 Å². The molecule has 0 aliphatic rings. The zero-order valence-corrected chi connectivity index (χ0v) is 10.3. The second-order valence-corrected chi connectivity index (χ2v) is 4.08. The number of nitrogens with one attached hydrogen (secondary N) is 1. The van der Waals surface area contributed by atoms with Crippen molar-refractivity contribution >= 4 is 34.8 Å². The van der Waals surface area contributed by atoms with Crippen LogP contribution in [-0.4, -0.2) is 20.9 Å². The molecule has 17 heavy (non-hydrogen) atoms. The first kappa shape index (κ1) is 11.9. The highest BCUT2D eigenvalue weighted by atomic mass is 35.5. The van der Waals surface area contributed by atoms with Gasteiger partial charge in [0.15, 0.2) is 5.69 Å². The third-order valence-corrected chi connectivity index (χ3v) is 2.66. The minimum Gasteiger partial charge on any atom is -0.318 e. The molecule has 1 amide bonds. The van der Waals surface area contributed by atoms with Gasteiger partial charge in [-0.2, -0.15) is 9.90 Å². The van der Waals surface area contributed by atoms with Crippen LogP contribution in [-0.2, 0) is 7.05 Å². The molecule has 5 nitrogen and oxygen atoms in total. The molecule has 0 saturated heterocycles. The van der Waals surface area contributed by atoms with E-state index in [0.717, 1.165) is 0 Å². The molecule has 0 spiro atoms. The molecule has 0 saturated carbocycles. The van der Waals surface area contributed by atoms with Crippen LogP contribution in [0.3, 0.4) is 0 Å². The molecule has 0 aliphatic carbocycles. The number of carbonyl (C=O) groups excluding carboxylic acids is 1. The van der Waals surface area contributed by atoms with E-state index in [-0.39, 0.29) is 5.69 Å². The largest absolute Gasteiger partial charge is 0.318 e. The summed E-state index contributed by atoms with van der Waals surface area (Å²) in [6, 6.07) is 4.97. The second-order valence-electron chi connectivity index (χ2n) is 3.27. The Morgan fingerprint density at radius 2 is 2.00 bits per heavy atom. The normalized spacial score (nSPS) is 10.3. The van der Waals surface area contributed by atoms with Crippen molar-refractivity contribution in [1.29, 1.82) is 0 Å². The first-order valence-corrected chi connectivity index (χ1v) is 5.45. The monoisotopic (exact) mass is 270 g/mol. The molecule has 7 heteroatoms. The van der Waals surface area contributed by atoms with Gasteiger partial charge in [0.1, 0.15) is 0 Å². The number of aromatic nitrogens is 3. The second kappa shape index (κ2) is 4.73. The van der Waals surface area contributed by atoms with E-state index in [1.807, 2.05) is 0 Å². The van der Waals surface area contributed by atoms with Gasteiger partial charge in [0, 0.05) is 7.05 Å². The fraction of sp³-hybridized carbons (Fsp3) is 0.100. The van der Waals surface area contributed by atoms with E-state index >= 15 is 0 Å². The standard InChI is InChI=1S/C10H8Cl2N4O/c1-16-13-5-8(15-16)10(17)14-9-6(11)3-2-4-7(9)12/h2-5H,1H3,(H,14,17). The molecule has 0 radical (unpaired) electrons. The third kappa shape index (κ3) is 2.57. The number of para-hydroxylation sites is 1. The number of carbonyl (C=O) groups is 1. The summed E-state index contributed by atoms with van der Waals surface area (Å²) in [7, 11) is 1.62. The maximum absolute atomic E-state index is 11.8. The summed E-state index contributed by atoms with van der Waals surface area (Å²) in [5, 5.41) is 11.0.